The molecule has 0 fully saturated rings. The van der Waals surface area contributed by atoms with Crippen LogP contribution in [0, 0.1) is 0 Å². The molecule has 0 saturated carbocycles. The van der Waals surface area contributed by atoms with E-state index < -0.39 is 0 Å². The van der Waals surface area contributed by atoms with Crippen LogP contribution in [0.3, 0.4) is 0 Å². The molecule has 0 spiro atoms. The summed E-state index contributed by atoms with van der Waals surface area (Å²) in [6.45, 7) is 0.351. The average Bonchev–Trinajstić information content (AvgIpc) is 2.72. The first kappa shape index (κ1) is 19.6. The number of ether oxygens (including phenoxy) is 1. The third kappa shape index (κ3) is 4.98. The molecule has 0 radical (unpaired) electrons. The van der Waals surface area contributed by atoms with Crippen molar-refractivity contribution in [3.63, 3.8) is 0 Å². The molecule has 0 bridgehead atoms. The molecular weight excluding hydrogens is 420 g/mol. The standard InChI is InChI=1S/C22H19BrN2O3/c1-28-18-9-4-6-15(12-18)14-24-22(27)19-10-2-3-11-20(19)25-21(26)16-7-5-8-17(23)13-16/h2-13H,14H2,1H3,(H,24,27)(H,25,26). The van der Waals surface area contributed by atoms with Crippen LogP contribution in [0.1, 0.15) is 26.3 Å². The van der Waals surface area contributed by atoms with Gasteiger partial charge in [-0.05, 0) is 48.0 Å². The number of methoxy groups -OCH3 is 1. The number of benzene rings is 3. The highest BCUT2D eigenvalue weighted by Gasteiger charge is 2.14. The fourth-order valence-electron chi connectivity index (χ4n) is 2.67. The normalized spacial score (nSPS) is 10.2. The number of hydrogen-bond acceptors (Lipinski definition) is 3. The number of anilines is 1. The van der Waals surface area contributed by atoms with E-state index in [0.29, 0.717) is 23.4 Å². The van der Waals surface area contributed by atoms with Crippen LogP contribution in [0.2, 0.25) is 0 Å². The SMILES string of the molecule is COc1cccc(CNC(=O)c2ccccc2NC(=O)c2cccc(Br)c2)c1. The number of carbonyl (C=O) groups is 2. The number of carbonyl (C=O) groups excluding carboxylic acids is 2. The molecule has 0 aromatic heterocycles. The van der Waals surface area contributed by atoms with Crippen LogP contribution in [0.5, 0.6) is 5.75 Å². The zero-order valence-electron chi connectivity index (χ0n) is 15.2. The van der Waals surface area contributed by atoms with E-state index in [1.807, 2.05) is 30.3 Å². The third-order valence-corrected chi connectivity index (χ3v) is 4.59. The molecule has 3 rings (SSSR count). The van der Waals surface area contributed by atoms with E-state index in [1.54, 1.807) is 49.6 Å². The van der Waals surface area contributed by atoms with Crippen LogP contribution in [0.25, 0.3) is 0 Å². The number of halogens is 1. The van der Waals surface area contributed by atoms with E-state index in [9.17, 15) is 9.59 Å². The molecule has 0 heterocycles. The summed E-state index contributed by atoms with van der Waals surface area (Å²) in [6, 6.07) is 21.5. The van der Waals surface area contributed by atoms with E-state index in [-0.39, 0.29) is 11.8 Å². The van der Waals surface area contributed by atoms with Crippen molar-refractivity contribution in [1.82, 2.24) is 5.32 Å². The highest BCUT2D eigenvalue weighted by Crippen LogP contribution is 2.18. The monoisotopic (exact) mass is 438 g/mol. The van der Waals surface area contributed by atoms with E-state index in [2.05, 4.69) is 26.6 Å². The fourth-order valence-corrected chi connectivity index (χ4v) is 3.07. The first-order valence-electron chi connectivity index (χ1n) is 8.64. The Morgan fingerprint density at radius 3 is 2.50 bits per heavy atom. The van der Waals surface area contributed by atoms with Crippen LogP contribution in [0.15, 0.2) is 77.3 Å². The lowest BCUT2D eigenvalue weighted by Gasteiger charge is -2.12. The first-order chi connectivity index (χ1) is 13.6. The predicted molar refractivity (Wildman–Crippen MR) is 113 cm³/mol. The number of nitrogens with one attached hydrogen (secondary N) is 2. The Morgan fingerprint density at radius 1 is 0.929 bits per heavy atom. The zero-order chi connectivity index (χ0) is 19.9. The molecule has 0 aliphatic carbocycles. The Morgan fingerprint density at radius 2 is 1.71 bits per heavy atom. The van der Waals surface area contributed by atoms with Crippen LogP contribution >= 0.6 is 15.9 Å². The topological polar surface area (TPSA) is 67.4 Å². The Kier molecular flexibility index (Phi) is 6.45. The molecule has 2 amide bonds. The van der Waals surface area contributed by atoms with E-state index >= 15 is 0 Å². The van der Waals surface area contributed by atoms with Gasteiger partial charge < -0.3 is 15.4 Å². The summed E-state index contributed by atoms with van der Waals surface area (Å²) in [5, 5.41) is 5.69. The van der Waals surface area contributed by atoms with Gasteiger partial charge in [-0.2, -0.15) is 0 Å². The minimum atomic E-state index is -0.283. The molecule has 0 aliphatic rings. The second kappa shape index (κ2) is 9.19. The lowest BCUT2D eigenvalue weighted by molar-refractivity contribution is 0.0951. The number of hydrogen-bond donors (Lipinski definition) is 2. The van der Waals surface area contributed by atoms with Gasteiger partial charge in [0.1, 0.15) is 5.75 Å². The molecular formula is C22H19BrN2O3. The minimum absolute atomic E-state index is 0.270. The second-order valence-electron chi connectivity index (χ2n) is 6.04. The largest absolute Gasteiger partial charge is 0.497 e. The second-order valence-corrected chi connectivity index (χ2v) is 6.96. The van der Waals surface area contributed by atoms with Crippen molar-refractivity contribution in [2.24, 2.45) is 0 Å². The quantitative estimate of drug-likeness (QED) is 0.588. The smallest absolute Gasteiger partial charge is 0.255 e. The highest BCUT2D eigenvalue weighted by atomic mass is 79.9. The van der Waals surface area contributed by atoms with Crippen LogP contribution in [-0.2, 0) is 6.54 Å². The van der Waals surface area contributed by atoms with Gasteiger partial charge in [-0.25, -0.2) is 0 Å². The first-order valence-corrected chi connectivity index (χ1v) is 9.43. The molecule has 6 heteroatoms. The molecule has 5 nitrogen and oxygen atoms in total. The highest BCUT2D eigenvalue weighted by molar-refractivity contribution is 9.10. The van der Waals surface area contributed by atoms with Gasteiger partial charge in [0.25, 0.3) is 11.8 Å². The van der Waals surface area contributed by atoms with E-state index in [4.69, 9.17) is 4.74 Å². The summed E-state index contributed by atoms with van der Waals surface area (Å²) < 4.78 is 6.01. The minimum Gasteiger partial charge on any atom is -0.497 e. The van der Waals surface area contributed by atoms with Crippen molar-refractivity contribution < 1.29 is 14.3 Å². The molecule has 0 unspecified atom stereocenters. The third-order valence-electron chi connectivity index (χ3n) is 4.09. The van der Waals surface area contributed by atoms with Gasteiger partial charge in [-0.3, -0.25) is 9.59 Å². The lowest BCUT2D eigenvalue weighted by atomic mass is 10.1. The molecule has 0 aliphatic heterocycles. The van der Waals surface area contributed by atoms with Crippen molar-refractivity contribution in [3.05, 3.63) is 94.0 Å². The summed E-state index contributed by atoms with van der Waals surface area (Å²) in [6.07, 6.45) is 0. The van der Waals surface area contributed by atoms with Gasteiger partial charge in [0.05, 0.1) is 18.4 Å². The predicted octanol–water partition coefficient (Wildman–Crippen LogP) is 4.64. The number of amides is 2. The maximum absolute atomic E-state index is 12.7. The summed E-state index contributed by atoms with van der Waals surface area (Å²) >= 11 is 3.35. The average molecular weight is 439 g/mol. The van der Waals surface area contributed by atoms with Gasteiger partial charge in [0, 0.05) is 16.6 Å². The van der Waals surface area contributed by atoms with Gasteiger partial charge in [-0.1, -0.05) is 46.3 Å². The lowest BCUT2D eigenvalue weighted by Crippen LogP contribution is -2.24. The van der Waals surface area contributed by atoms with Gasteiger partial charge in [-0.15, -0.1) is 0 Å². The Hall–Kier alpha value is -3.12. The number of rotatable bonds is 6. The molecule has 3 aromatic carbocycles. The molecule has 28 heavy (non-hydrogen) atoms. The maximum atomic E-state index is 12.7. The van der Waals surface area contributed by atoms with Crippen LogP contribution < -0.4 is 15.4 Å². The Balaban J connectivity index is 1.72. The summed E-state index contributed by atoms with van der Waals surface area (Å²) in [5.41, 5.74) is 2.27. The molecule has 2 N–H and O–H groups in total. The van der Waals surface area contributed by atoms with Crippen molar-refractivity contribution in [1.29, 1.82) is 0 Å². The summed E-state index contributed by atoms with van der Waals surface area (Å²) in [4.78, 5) is 25.2. The van der Waals surface area contributed by atoms with E-state index in [0.717, 1.165) is 15.8 Å². The molecule has 0 atom stereocenters. The molecule has 142 valence electrons. The van der Waals surface area contributed by atoms with Crippen LogP contribution in [0.4, 0.5) is 5.69 Å². The van der Waals surface area contributed by atoms with Crippen molar-refractivity contribution in [2.75, 3.05) is 12.4 Å². The van der Waals surface area contributed by atoms with Crippen LogP contribution in [-0.4, -0.2) is 18.9 Å². The van der Waals surface area contributed by atoms with Crippen molar-refractivity contribution >= 4 is 33.4 Å². The van der Waals surface area contributed by atoms with Gasteiger partial charge >= 0.3 is 0 Å². The summed E-state index contributed by atoms with van der Waals surface area (Å²) in [5.74, 6) is 0.177. The Labute approximate surface area is 171 Å². The van der Waals surface area contributed by atoms with Crippen molar-refractivity contribution in [2.45, 2.75) is 6.54 Å². The van der Waals surface area contributed by atoms with Crippen molar-refractivity contribution in [3.8, 4) is 5.75 Å². The summed E-state index contributed by atoms with van der Waals surface area (Å²) in [7, 11) is 1.60. The Bertz CT molecular complexity index is 1000. The van der Waals surface area contributed by atoms with E-state index in [1.165, 1.54) is 0 Å². The molecule has 3 aromatic rings. The maximum Gasteiger partial charge on any atom is 0.255 e. The van der Waals surface area contributed by atoms with Gasteiger partial charge in [0.15, 0.2) is 0 Å². The molecule has 0 saturated heterocycles. The fraction of sp³-hybridized carbons (Fsp3) is 0.0909. The van der Waals surface area contributed by atoms with Gasteiger partial charge in [0.2, 0.25) is 0 Å². The zero-order valence-corrected chi connectivity index (χ0v) is 16.8. The number of para-hydroxylation sites is 1.